The predicted molar refractivity (Wildman–Crippen MR) is 98.4 cm³/mol. The predicted octanol–water partition coefficient (Wildman–Crippen LogP) is 1.63. The molecule has 1 amide bonds. The van der Waals surface area contributed by atoms with Crippen LogP contribution in [0, 0.1) is 13.8 Å². The Morgan fingerprint density at radius 3 is 2.56 bits per heavy atom. The summed E-state index contributed by atoms with van der Waals surface area (Å²) in [5.41, 5.74) is 1.55. The molecule has 2 aromatic heterocycles. The number of anilines is 1. The first-order valence-corrected chi connectivity index (χ1v) is 10.6. The van der Waals surface area contributed by atoms with Crippen molar-refractivity contribution >= 4 is 43.9 Å². The highest BCUT2D eigenvalue weighted by molar-refractivity contribution is 7.86. The van der Waals surface area contributed by atoms with Crippen LogP contribution in [-0.4, -0.2) is 53.5 Å². The minimum absolute atomic E-state index is 0.230. The third kappa shape index (κ3) is 3.60. The summed E-state index contributed by atoms with van der Waals surface area (Å²) in [7, 11) is -0.418. The number of nitrogens with one attached hydrogen (secondary N) is 1. The van der Waals surface area contributed by atoms with Gasteiger partial charge in [0.2, 0.25) is 0 Å². The molecule has 1 aliphatic heterocycles. The number of carbonyl (C=O) groups is 1. The molecule has 2 aromatic rings. The number of rotatable bonds is 4. The second-order valence-electron chi connectivity index (χ2n) is 5.86. The number of hydrogen-bond donors (Lipinski definition) is 1. The number of aromatic nitrogens is 2. The van der Waals surface area contributed by atoms with Gasteiger partial charge in [-0.05, 0) is 13.8 Å². The molecule has 0 aromatic carbocycles. The quantitative estimate of drug-likeness (QED) is 0.840. The molecule has 0 atom stereocenters. The third-order valence-corrected chi connectivity index (χ3v) is 7.77. The summed E-state index contributed by atoms with van der Waals surface area (Å²) in [5, 5.41) is 4.14. The van der Waals surface area contributed by atoms with Gasteiger partial charge in [0.15, 0.2) is 5.13 Å². The topological polar surface area (TPSA) is 95.5 Å². The van der Waals surface area contributed by atoms with E-state index in [9.17, 15) is 13.2 Å². The fourth-order valence-corrected chi connectivity index (χ4v) is 5.54. The first-order valence-electron chi connectivity index (χ1n) is 7.60. The second-order valence-corrected chi connectivity index (χ2v) is 10.3. The van der Waals surface area contributed by atoms with E-state index < -0.39 is 10.2 Å². The van der Waals surface area contributed by atoms with E-state index in [-0.39, 0.29) is 12.5 Å². The highest BCUT2D eigenvalue weighted by Crippen LogP contribution is 2.30. The molecule has 0 saturated heterocycles. The monoisotopic (exact) mass is 401 g/mol. The maximum Gasteiger partial charge on any atom is 0.281 e. The minimum atomic E-state index is -3.45. The number of aryl methyl sites for hydroxylation is 2. The molecular weight excluding hydrogens is 382 g/mol. The SMILES string of the molecule is Cc1nc(C)c(C(=O)Nc2nc3c(s2)CN(S(=O)(=O)N(C)C)CC3)s1. The lowest BCUT2D eigenvalue weighted by Gasteiger charge is -2.27. The first kappa shape index (κ1) is 18.4. The molecule has 136 valence electrons. The summed E-state index contributed by atoms with van der Waals surface area (Å²) >= 11 is 2.66. The Hall–Kier alpha value is -1.40. The zero-order valence-corrected chi connectivity index (χ0v) is 16.8. The van der Waals surface area contributed by atoms with Gasteiger partial charge in [-0.15, -0.1) is 22.7 Å². The number of hydrogen-bond acceptors (Lipinski definition) is 7. The molecule has 0 aliphatic carbocycles. The first-order chi connectivity index (χ1) is 11.7. The molecule has 11 heteroatoms. The van der Waals surface area contributed by atoms with Gasteiger partial charge in [0.25, 0.3) is 16.1 Å². The number of amides is 1. The molecule has 3 rings (SSSR count). The molecule has 0 radical (unpaired) electrons. The fraction of sp³-hybridized carbons (Fsp3) is 0.500. The van der Waals surface area contributed by atoms with Crippen molar-refractivity contribution in [1.82, 2.24) is 18.6 Å². The summed E-state index contributed by atoms with van der Waals surface area (Å²) in [6, 6.07) is 0. The van der Waals surface area contributed by atoms with Crippen LogP contribution in [0.3, 0.4) is 0 Å². The lowest BCUT2D eigenvalue weighted by molar-refractivity contribution is 0.103. The van der Waals surface area contributed by atoms with Gasteiger partial charge in [0.1, 0.15) is 4.88 Å². The summed E-state index contributed by atoms with van der Waals surface area (Å²) in [5.74, 6) is -0.230. The molecule has 0 saturated carbocycles. The van der Waals surface area contributed by atoms with E-state index in [0.29, 0.717) is 28.7 Å². The highest BCUT2D eigenvalue weighted by Gasteiger charge is 2.30. The Morgan fingerprint density at radius 2 is 1.96 bits per heavy atom. The molecule has 8 nitrogen and oxygen atoms in total. The van der Waals surface area contributed by atoms with E-state index in [4.69, 9.17) is 0 Å². The Labute approximate surface area is 154 Å². The van der Waals surface area contributed by atoms with Gasteiger partial charge in [0.05, 0.1) is 22.9 Å². The van der Waals surface area contributed by atoms with E-state index in [1.165, 1.54) is 45.4 Å². The molecule has 3 heterocycles. The number of thiazole rings is 2. The van der Waals surface area contributed by atoms with Crippen LogP contribution >= 0.6 is 22.7 Å². The van der Waals surface area contributed by atoms with Crippen molar-refractivity contribution in [3.63, 3.8) is 0 Å². The maximum absolute atomic E-state index is 12.4. The van der Waals surface area contributed by atoms with Crippen LogP contribution in [0.15, 0.2) is 0 Å². The Bertz CT molecular complexity index is 916. The molecule has 0 unspecified atom stereocenters. The zero-order valence-electron chi connectivity index (χ0n) is 14.4. The normalized spacial score (nSPS) is 15.4. The fourth-order valence-electron chi connectivity index (χ4n) is 2.55. The van der Waals surface area contributed by atoms with E-state index in [1.54, 1.807) is 6.92 Å². The smallest absolute Gasteiger partial charge is 0.281 e. The van der Waals surface area contributed by atoms with Crippen LogP contribution in [0.1, 0.15) is 30.9 Å². The summed E-state index contributed by atoms with van der Waals surface area (Å²) in [6.07, 6.45) is 0.535. The van der Waals surface area contributed by atoms with Crippen LogP contribution in [0.25, 0.3) is 0 Å². The summed E-state index contributed by atoms with van der Waals surface area (Å²) in [4.78, 5) is 22.5. The lowest BCUT2D eigenvalue weighted by atomic mass is 10.2. The average molecular weight is 402 g/mol. The Kier molecular flexibility index (Phi) is 4.95. The van der Waals surface area contributed by atoms with Crippen molar-refractivity contribution in [2.75, 3.05) is 26.0 Å². The molecular formula is C14H19N5O3S3. The molecule has 1 N–H and O–H groups in total. The average Bonchev–Trinajstić information content (AvgIpc) is 3.08. The van der Waals surface area contributed by atoms with Crippen LogP contribution in [0.5, 0.6) is 0 Å². The van der Waals surface area contributed by atoms with Gasteiger partial charge in [-0.25, -0.2) is 9.97 Å². The van der Waals surface area contributed by atoms with E-state index in [0.717, 1.165) is 15.6 Å². The second kappa shape index (κ2) is 6.72. The molecule has 0 spiro atoms. The number of fused-ring (bicyclic) bond motifs is 1. The van der Waals surface area contributed by atoms with Crippen molar-refractivity contribution in [3.05, 3.63) is 26.1 Å². The van der Waals surface area contributed by atoms with Crippen molar-refractivity contribution in [2.24, 2.45) is 0 Å². The molecule has 0 bridgehead atoms. The van der Waals surface area contributed by atoms with E-state index in [2.05, 4.69) is 15.3 Å². The van der Waals surface area contributed by atoms with Crippen molar-refractivity contribution < 1.29 is 13.2 Å². The van der Waals surface area contributed by atoms with Gasteiger partial charge >= 0.3 is 0 Å². The molecule has 25 heavy (non-hydrogen) atoms. The molecule has 1 aliphatic rings. The van der Waals surface area contributed by atoms with Gasteiger partial charge in [-0.3, -0.25) is 10.1 Å². The minimum Gasteiger partial charge on any atom is -0.297 e. The maximum atomic E-state index is 12.4. The van der Waals surface area contributed by atoms with Crippen LogP contribution < -0.4 is 5.32 Å². The summed E-state index contributed by atoms with van der Waals surface area (Å²) < 4.78 is 27.2. The molecule has 0 fully saturated rings. The zero-order chi connectivity index (χ0) is 18.4. The van der Waals surface area contributed by atoms with Gasteiger partial charge in [-0.2, -0.15) is 17.0 Å². The van der Waals surface area contributed by atoms with Crippen molar-refractivity contribution in [1.29, 1.82) is 0 Å². The van der Waals surface area contributed by atoms with Gasteiger partial charge in [-0.1, -0.05) is 0 Å². The van der Waals surface area contributed by atoms with Crippen molar-refractivity contribution in [3.8, 4) is 0 Å². The standard InChI is InChI=1S/C14H19N5O3S3/c1-8-12(23-9(2)15-8)13(20)17-14-16-10-5-6-19(7-11(10)24-14)25(21,22)18(3)4/h5-7H2,1-4H3,(H,16,17,20). The van der Waals surface area contributed by atoms with E-state index in [1.807, 2.05) is 6.92 Å². The van der Waals surface area contributed by atoms with Crippen LogP contribution in [0.2, 0.25) is 0 Å². The Balaban J connectivity index is 1.77. The Morgan fingerprint density at radius 1 is 1.24 bits per heavy atom. The summed E-state index contributed by atoms with van der Waals surface area (Å²) in [6.45, 7) is 4.32. The lowest BCUT2D eigenvalue weighted by Crippen LogP contribution is -2.42. The van der Waals surface area contributed by atoms with Crippen molar-refractivity contribution in [2.45, 2.75) is 26.8 Å². The van der Waals surface area contributed by atoms with Crippen LogP contribution in [0.4, 0.5) is 5.13 Å². The van der Waals surface area contributed by atoms with Gasteiger partial charge in [0, 0.05) is 31.9 Å². The van der Waals surface area contributed by atoms with Crippen LogP contribution in [-0.2, 0) is 23.2 Å². The number of nitrogens with zero attached hydrogens (tertiary/aromatic N) is 4. The van der Waals surface area contributed by atoms with E-state index >= 15 is 0 Å². The number of carbonyl (C=O) groups excluding carboxylic acids is 1. The van der Waals surface area contributed by atoms with Gasteiger partial charge < -0.3 is 0 Å². The highest BCUT2D eigenvalue weighted by atomic mass is 32.2. The largest absolute Gasteiger partial charge is 0.297 e. The third-order valence-electron chi connectivity index (χ3n) is 3.81.